The molecule has 0 aliphatic heterocycles. The number of hydrogen-bond acceptors (Lipinski definition) is 7. The minimum Gasteiger partial charge on any atom is -0.455 e. The second-order valence-electron chi connectivity index (χ2n) is 7.92. The van der Waals surface area contributed by atoms with E-state index in [0.717, 1.165) is 15.6 Å². The number of rotatable bonds is 4. The van der Waals surface area contributed by atoms with Crippen molar-refractivity contribution in [3.8, 4) is 27.9 Å². The molecular weight excluding hydrogens is 400 g/mol. The lowest BCUT2D eigenvalue weighted by atomic mass is 9.96. The number of aromatic nitrogens is 6. The zero-order valence-electron chi connectivity index (χ0n) is 17.4. The number of thiazole rings is 1. The highest BCUT2D eigenvalue weighted by Gasteiger charge is 2.21. The third-order valence-corrected chi connectivity index (χ3v) is 5.34. The number of hydrogen-bond donors (Lipinski definition) is 1. The Hall–Kier alpha value is -3.33. The van der Waals surface area contributed by atoms with Gasteiger partial charge in [-0.2, -0.15) is 4.68 Å². The summed E-state index contributed by atoms with van der Waals surface area (Å²) in [4.78, 5) is 29.3. The molecule has 0 radical (unpaired) electrons. The van der Waals surface area contributed by atoms with Gasteiger partial charge in [-0.3, -0.25) is 9.97 Å². The minimum absolute atomic E-state index is 0.266. The third kappa shape index (κ3) is 4.02. The van der Waals surface area contributed by atoms with Gasteiger partial charge in [0, 0.05) is 23.9 Å². The topological polar surface area (TPSA) is 98.6 Å². The summed E-state index contributed by atoms with van der Waals surface area (Å²) < 4.78 is 7.30. The van der Waals surface area contributed by atoms with E-state index in [-0.39, 0.29) is 11.1 Å². The van der Waals surface area contributed by atoms with Crippen LogP contribution in [0, 0.1) is 13.8 Å². The van der Waals surface area contributed by atoms with Crippen LogP contribution >= 0.6 is 11.3 Å². The van der Waals surface area contributed by atoms with E-state index in [1.54, 1.807) is 41.9 Å². The van der Waals surface area contributed by atoms with E-state index in [1.165, 1.54) is 4.68 Å². The van der Waals surface area contributed by atoms with E-state index in [2.05, 4.69) is 25.0 Å². The molecule has 4 rings (SSSR count). The van der Waals surface area contributed by atoms with Gasteiger partial charge in [-0.05, 0) is 32.0 Å². The Morgan fingerprint density at radius 3 is 2.57 bits per heavy atom. The molecule has 0 aliphatic carbocycles. The molecule has 0 saturated carbocycles. The summed E-state index contributed by atoms with van der Waals surface area (Å²) in [5.41, 5.74) is 0.863. The van der Waals surface area contributed by atoms with Crippen LogP contribution in [0.2, 0.25) is 0 Å². The van der Waals surface area contributed by atoms with Crippen molar-refractivity contribution >= 4 is 11.3 Å². The van der Waals surface area contributed by atoms with Crippen molar-refractivity contribution in [3.05, 3.63) is 63.7 Å². The normalized spacial score (nSPS) is 11.6. The number of aryl methyl sites for hydroxylation is 2. The van der Waals surface area contributed by atoms with Crippen LogP contribution < -0.4 is 10.4 Å². The molecule has 4 heterocycles. The molecule has 0 saturated heterocycles. The number of pyridine rings is 2. The largest absolute Gasteiger partial charge is 0.455 e. The second kappa shape index (κ2) is 7.49. The van der Waals surface area contributed by atoms with Crippen LogP contribution in [-0.2, 0) is 5.41 Å². The van der Waals surface area contributed by atoms with Crippen LogP contribution in [0.5, 0.6) is 11.5 Å². The average molecular weight is 423 g/mol. The maximum atomic E-state index is 12.3. The highest BCUT2D eigenvalue weighted by molar-refractivity contribution is 7.15. The SMILES string of the molecule is Cc1ncc(-c2cc(Oc3ccc(-n4nc(C(C)(C)C)[nH]c4=O)nc3C)ccn2)s1. The molecule has 0 unspecified atom stereocenters. The molecule has 0 aromatic carbocycles. The van der Waals surface area contributed by atoms with Crippen LogP contribution in [0.1, 0.15) is 37.3 Å². The molecule has 0 spiro atoms. The van der Waals surface area contributed by atoms with E-state index in [9.17, 15) is 4.79 Å². The molecule has 9 heteroatoms. The zero-order valence-corrected chi connectivity index (χ0v) is 18.2. The van der Waals surface area contributed by atoms with Gasteiger partial charge in [-0.15, -0.1) is 16.4 Å². The summed E-state index contributed by atoms with van der Waals surface area (Å²) >= 11 is 1.58. The Labute approximate surface area is 177 Å². The fraction of sp³-hybridized carbons (Fsp3) is 0.286. The summed E-state index contributed by atoms with van der Waals surface area (Å²) in [6, 6.07) is 7.16. The average Bonchev–Trinajstić information content (AvgIpc) is 3.29. The van der Waals surface area contributed by atoms with Crippen LogP contribution in [0.3, 0.4) is 0 Å². The van der Waals surface area contributed by atoms with Gasteiger partial charge in [-0.1, -0.05) is 20.8 Å². The van der Waals surface area contributed by atoms with E-state index >= 15 is 0 Å². The molecular formula is C21H22N6O2S. The minimum atomic E-state index is -0.320. The van der Waals surface area contributed by atoms with Gasteiger partial charge in [-0.25, -0.2) is 14.8 Å². The standard InChI is InChI=1S/C21H22N6O2S/c1-12-16(29-14-8-9-22-15(10-14)17-11-23-13(2)30-17)6-7-18(24-12)27-20(28)25-19(26-27)21(3,4)5/h6-11H,1-5H3,(H,25,26,28). The van der Waals surface area contributed by atoms with Gasteiger partial charge in [0.05, 0.1) is 21.3 Å². The lowest BCUT2D eigenvalue weighted by Gasteiger charge is -2.13. The maximum Gasteiger partial charge on any atom is 0.349 e. The molecule has 4 aromatic rings. The molecule has 0 amide bonds. The van der Waals surface area contributed by atoms with Crippen molar-refractivity contribution in [2.24, 2.45) is 0 Å². The number of nitrogens with zero attached hydrogens (tertiary/aromatic N) is 5. The molecule has 1 N–H and O–H groups in total. The first-order valence-corrected chi connectivity index (χ1v) is 10.3. The quantitative estimate of drug-likeness (QED) is 0.530. The van der Waals surface area contributed by atoms with Gasteiger partial charge in [0.15, 0.2) is 5.82 Å². The van der Waals surface area contributed by atoms with Crippen LogP contribution in [0.15, 0.2) is 41.5 Å². The van der Waals surface area contributed by atoms with Crippen LogP contribution in [0.25, 0.3) is 16.4 Å². The highest BCUT2D eigenvalue weighted by atomic mass is 32.1. The maximum absolute atomic E-state index is 12.3. The van der Waals surface area contributed by atoms with Gasteiger partial charge < -0.3 is 4.74 Å². The van der Waals surface area contributed by atoms with Crippen molar-refractivity contribution in [2.45, 2.75) is 40.0 Å². The Bertz CT molecular complexity index is 1260. The fourth-order valence-electron chi connectivity index (χ4n) is 2.79. The smallest absolute Gasteiger partial charge is 0.349 e. The van der Waals surface area contributed by atoms with Crippen molar-refractivity contribution in [2.75, 3.05) is 0 Å². The van der Waals surface area contributed by atoms with E-state index in [0.29, 0.717) is 28.8 Å². The van der Waals surface area contributed by atoms with Gasteiger partial charge in [0.1, 0.15) is 17.3 Å². The molecule has 4 aromatic heterocycles. The number of H-pyrrole nitrogens is 1. The Kier molecular flexibility index (Phi) is 4.98. The predicted molar refractivity (Wildman–Crippen MR) is 116 cm³/mol. The Balaban J connectivity index is 1.61. The number of nitrogens with one attached hydrogen (secondary N) is 1. The first kappa shape index (κ1) is 20.0. The first-order chi connectivity index (χ1) is 14.2. The van der Waals surface area contributed by atoms with E-state index in [4.69, 9.17) is 4.74 Å². The second-order valence-corrected chi connectivity index (χ2v) is 9.15. The van der Waals surface area contributed by atoms with E-state index in [1.807, 2.05) is 40.7 Å². The van der Waals surface area contributed by atoms with E-state index < -0.39 is 0 Å². The number of ether oxygens (including phenoxy) is 1. The lowest BCUT2D eigenvalue weighted by molar-refractivity contribution is 0.474. The Morgan fingerprint density at radius 1 is 1.13 bits per heavy atom. The fourth-order valence-corrected chi connectivity index (χ4v) is 3.54. The lowest BCUT2D eigenvalue weighted by Crippen LogP contribution is -2.17. The van der Waals surface area contributed by atoms with Crippen LogP contribution in [0.4, 0.5) is 0 Å². The predicted octanol–water partition coefficient (Wildman–Crippen LogP) is 4.18. The Morgan fingerprint density at radius 2 is 1.93 bits per heavy atom. The molecule has 30 heavy (non-hydrogen) atoms. The summed E-state index contributed by atoms with van der Waals surface area (Å²) in [5, 5.41) is 5.37. The molecule has 154 valence electrons. The van der Waals surface area contributed by atoms with Gasteiger partial charge in [0.2, 0.25) is 0 Å². The zero-order chi connectivity index (χ0) is 21.5. The molecule has 0 aliphatic rings. The summed E-state index contributed by atoms with van der Waals surface area (Å²) in [6.07, 6.45) is 3.51. The number of aromatic amines is 1. The van der Waals surface area contributed by atoms with Crippen molar-refractivity contribution in [1.29, 1.82) is 0 Å². The third-order valence-electron chi connectivity index (χ3n) is 4.40. The van der Waals surface area contributed by atoms with Crippen molar-refractivity contribution in [3.63, 3.8) is 0 Å². The van der Waals surface area contributed by atoms with Crippen molar-refractivity contribution in [1.82, 2.24) is 29.7 Å². The first-order valence-electron chi connectivity index (χ1n) is 9.45. The highest BCUT2D eigenvalue weighted by Crippen LogP contribution is 2.30. The van der Waals surface area contributed by atoms with Gasteiger partial charge >= 0.3 is 5.69 Å². The van der Waals surface area contributed by atoms with Crippen molar-refractivity contribution < 1.29 is 4.74 Å². The van der Waals surface area contributed by atoms with Gasteiger partial charge in [0.25, 0.3) is 0 Å². The molecule has 0 atom stereocenters. The summed E-state index contributed by atoms with van der Waals surface area (Å²) in [6.45, 7) is 9.75. The monoisotopic (exact) mass is 422 g/mol. The molecule has 0 bridgehead atoms. The summed E-state index contributed by atoms with van der Waals surface area (Å²) in [7, 11) is 0. The van der Waals surface area contributed by atoms with Crippen LogP contribution in [-0.4, -0.2) is 29.7 Å². The molecule has 0 fully saturated rings. The molecule has 8 nitrogen and oxygen atoms in total. The summed E-state index contributed by atoms with van der Waals surface area (Å²) in [5.74, 6) is 2.29.